The van der Waals surface area contributed by atoms with Crippen molar-refractivity contribution in [3.05, 3.63) is 68.5 Å². The highest BCUT2D eigenvalue weighted by Gasteiger charge is 2.13. The van der Waals surface area contributed by atoms with Gasteiger partial charge in [-0.2, -0.15) is 0 Å². The van der Waals surface area contributed by atoms with Crippen LogP contribution in [0.25, 0.3) is 0 Å². The molecule has 0 radical (unpaired) electrons. The molecule has 98 valence electrons. The molecule has 1 amide bonds. The van der Waals surface area contributed by atoms with E-state index in [0.717, 1.165) is 10.0 Å². The summed E-state index contributed by atoms with van der Waals surface area (Å²) < 4.78 is 0.948. The number of rotatable bonds is 3. The minimum Gasteiger partial charge on any atom is -0.345 e. The smallest absolute Gasteiger partial charge is 0.253 e. The largest absolute Gasteiger partial charge is 0.345 e. The van der Waals surface area contributed by atoms with Gasteiger partial charge in [0.05, 0.1) is 11.6 Å². The summed E-state index contributed by atoms with van der Waals surface area (Å²) in [6.07, 6.45) is 1.41. The van der Waals surface area contributed by atoms with Gasteiger partial charge in [-0.05, 0) is 24.6 Å². The van der Waals surface area contributed by atoms with E-state index in [1.807, 2.05) is 31.2 Å². The maximum absolute atomic E-state index is 12.0. The molecule has 0 fully saturated rings. The maximum atomic E-state index is 12.0. The summed E-state index contributed by atoms with van der Waals surface area (Å²) in [6, 6.07) is 10.4. The van der Waals surface area contributed by atoms with E-state index in [2.05, 4.69) is 26.2 Å². The van der Waals surface area contributed by atoms with Gasteiger partial charge in [-0.15, -0.1) is 0 Å². The summed E-state index contributed by atoms with van der Waals surface area (Å²) >= 11 is 3.45. The van der Waals surface area contributed by atoms with E-state index in [0.29, 0.717) is 5.56 Å². The predicted octanol–water partition coefficient (Wildman–Crippen LogP) is 2.63. The number of pyridine rings is 1. The molecule has 2 rings (SSSR count). The summed E-state index contributed by atoms with van der Waals surface area (Å²) in [4.78, 5) is 25.4. The Bertz CT molecular complexity index is 631. The molecule has 0 saturated heterocycles. The summed E-state index contributed by atoms with van der Waals surface area (Å²) in [5.74, 6) is -0.223. The van der Waals surface area contributed by atoms with E-state index >= 15 is 0 Å². The maximum Gasteiger partial charge on any atom is 0.253 e. The van der Waals surface area contributed by atoms with Crippen LogP contribution in [-0.2, 0) is 0 Å². The van der Waals surface area contributed by atoms with Crippen molar-refractivity contribution in [2.24, 2.45) is 0 Å². The average Bonchev–Trinajstić information content (AvgIpc) is 2.39. The van der Waals surface area contributed by atoms with Gasteiger partial charge in [0.15, 0.2) is 0 Å². The van der Waals surface area contributed by atoms with Crippen LogP contribution in [0.5, 0.6) is 0 Å². The third-order valence-electron chi connectivity index (χ3n) is 2.77. The second kappa shape index (κ2) is 5.84. The number of aromatic nitrogens is 1. The Hall–Kier alpha value is -1.88. The fraction of sp³-hybridized carbons (Fsp3) is 0.143. The van der Waals surface area contributed by atoms with Crippen LogP contribution in [0.4, 0.5) is 0 Å². The first-order chi connectivity index (χ1) is 9.08. The van der Waals surface area contributed by atoms with Crippen LogP contribution < -0.4 is 10.9 Å². The molecule has 0 aliphatic heterocycles. The van der Waals surface area contributed by atoms with E-state index in [-0.39, 0.29) is 17.5 Å². The predicted molar refractivity (Wildman–Crippen MR) is 77.1 cm³/mol. The highest BCUT2D eigenvalue weighted by Crippen LogP contribution is 2.22. The van der Waals surface area contributed by atoms with Crippen LogP contribution in [0.1, 0.15) is 28.9 Å². The standard InChI is InChI=1S/C14H13BrN2O2/c1-9(11-4-2-3-5-12(11)15)17-14(19)10-6-7-13(18)16-8-10/h2-9H,1H3,(H,16,18)(H,17,19)/t9-/m1/s1. The number of halogens is 1. The van der Waals surface area contributed by atoms with Crippen molar-refractivity contribution < 1.29 is 4.79 Å². The van der Waals surface area contributed by atoms with Crippen molar-refractivity contribution in [1.82, 2.24) is 10.3 Å². The van der Waals surface area contributed by atoms with Crippen molar-refractivity contribution in [2.75, 3.05) is 0 Å². The molecule has 2 aromatic rings. The molecule has 19 heavy (non-hydrogen) atoms. The lowest BCUT2D eigenvalue weighted by Gasteiger charge is -2.15. The number of carbonyl (C=O) groups is 1. The Kier molecular flexibility index (Phi) is 4.16. The van der Waals surface area contributed by atoms with Crippen LogP contribution in [-0.4, -0.2) is 10.9 Å². The Morgan fingerprint density at radius 1 is 1.26 bits per heavy atom. The van der Waals surface area contributed by atoms with Gasteiger partial charge < -0.3 is 10.3 Å². The van der Waals surface area contributed by atoms with Crippen molar-refractivity contribution in [3.63, 3.8) is 0 Å². The topological polar surface area (TPSA) is 62.0 Å². The van der Waals surface area contributed by atoms with Gasteiger partial charge in [-0.25, -0.2) is 0 Å². The number of aromatic amines is 1. The van der Waals surface area contributed by atoms with Gasteiger partial charge in [0.25, 0.3) is 5.91 Å². The molecule has 5 heteroatoms. The number of hydrogen-bond acceptors (Lipinski definition) is 2. The van der Waals surface area contributed by atoms with Gasteiger partial charge >= 0.3 is 0 Å². The highest BCUT2D eigenvalue weighted by molar-refractivity contribution is 9.10. The summed E-state index contributed by atoms with van der Waals surface area (Å²) in [5, 5.41) is 2.88. The number of hydrogen-bond donors (Lipinski definition) is 2. The molecule has 1 atom stereocenters. The molecule has 1 aromatic carbocycles. The molecule has 0 bridgehead atoms. The molecule has 0 spiro atoms. The lowest BCUT2D eigenvalue weighted by atomic mass is 10.1. The molecular formula is C14H13BrN2O2. The molecule has 2 N–H and O–H groups in total. The first-order valence-corrected chi connectivity index (χ1v) is 6.61. The van der Waals surface area contributed by atoms with E-state index in [1.165, 1.54) is 18.3 Å². The van der Waals surface area contributed by atoms with E-state index in [4.69, 9.17) is 0 Å². The fourth-order valence-electron chi connectivity index (χ4n) is 1.74. The second-order valence-corrected chi connectivity index (χ2v) is 5.01. The first-order valence-electron chi connectivity index (χ1n) is 5.82. The van der Waals surface area contributed by atoms with Gasteiger partial charge in [0, 0.05) is 16.7 Å². The molecule has 1 heterocycles. The third-order valence-corrected chi connectivity index (χ3v) is 3.49. The van der Waals surface area contributed by atoms with Gasteiger partial charge in [-0.1, -0.05) is 34.1 Å². The van der Waals surface area contributed by atoms with E-state index < -0.39 is 0 Å². The molecule has 0 saturated carbocycles. The fourth-order valence-corrected chi connectivity index (χ4v) is 2.36. The van der Waals surface area contributed by atoms with Crippen molar-refractivity contribution in [2.45, 2.75) is 13.0 Å². The SMILES string of the molecule is C[C@@H](NC(=O)c1ccc(=O)[nH]c1)c1ccccc1Br. The van der Waals surface area contributed by atoms with Crippen LogP contribution in [0.15, 0.2) is 51.9 Å². The third kappa shape index (κ3) is 3.32. The van der Waals surface area contributed by atoms with E-state index in [1.54, 1.807) is 0 Å². The summed E-state index contributed by atoms with van der Waals surface area (Å²) in [5.41, 5.74) is 1.20. The second-order valence-electron chi connectivity index (χ2n) is 4.16. The molecule has 1 aromatic heterocycles. The minimum absolute atomic E-state index is 0.130. The molecule has 4 nitrogen and oxygen atoms in total. The number of H-pyrrole nitrogens is 1. The lowest BCUT2D eigenvalue weighted by Crippen LogP contribution is -2.27. The number of carbonyl (C=O) groups excluding carboxylic acids is 1. The van der Waals surface area contributed by atoms with Crippen LogP contribution in [0, 0.1) is 0 Å². The molecule has 0 unspecified atom stereocenters. The Morgan fingerprint density at radius 2 is 2.00 bits per heavy atom. The summed E-state index contributed by atoms with van der Waals surface area (Å²) in [6.45, 7) is 1.91. The Balaban J connectivity index is 2.13. The van der Waals surface area contributed by atoms with Crippen LogP contribution in [0.2, 0.25) is 0 Å². The van der Waals surface area contributed by atoms with Gasteiger partial charge in [-0.3, -0.25) is 9.59 Å². The minimum atomic E-state index is -0.226. The quantitative estimate of drug-likeness (QED) is 0.913. The number of amides is 1. The summed E-state index contributed by atoms with van der Waals surface area (Å²) in [7, 11) is 0. The number of benzene rings is 1. The van der Waals surface area contributed by atoms with Crippen LogP contribution in [0.3, 0.4) is 0 Å². The zero-order valence-corrected chi connectivity index (χ0v) is 11.9. The first kappa shape index (κ1) is 13.5. The molecule has 0 aliphatic carbocycles. The van der Waals surface area contributed by atoms with Crippen molar-refractivity contribution in [1.29, 1.82) is 0 Å². The Morgan fingerprint density at radius 3 is 2.63 bits per heavy atom. The zero-order valence-electron chi connectivity index (χ0n) is 10.3. The highest BCUT2D eigenvalue weighted by atomic mass is 79.9. The number of nitrogens with one attached hydrogen (secondary N) is 2. The van der Waals surface area contributed by atoms with Crippen molar-refractivity contribution >= 4 is 21.8 Å². The zero-order chi connectivity index (χ0) is 13.8. The normalized spacial score (nSPS) is 11.9. The lowest BCUT2D eigenvalue weighted by molar-refractivity contribution is 0.0939. The monoisotopic (exact) mass is 320 g/mol. The van der Waals surface area contributed by atoms with Gasteiger partial charge in [0.2, 0.25) is 5.56 Å². The molecular weight excluding hydrogens is 308 g/mol. The van der Waals surface area contributed by atoms with Gasteiger partial charge in [0.1, 0.15) is 0 Å². The van der Waals surface area contributed by atoms with Crippen LogP contribution >= 0.6 is 15.9 Å². The molecule has 0 aliphatic rings. The Labute approximate surface area is 119 Å². The van der Waals surface area contributed by atoms with Crippen molar-refractivity contribution in [3.8, 4) is 0 Å². The average molecular weight is 321 g/mol. The van der Waals surface area contributed by atoms with E-state index in [9.17, 15) is 9.59 Å².